The van der Waals surface area contributed by atoms with E-state index in [0.29, 0.717) is 12.5 Å². The number of carbonyl (C=O) groups excluding carboxylic acids is 1. The van der Waals surface area contributed by atoms with E-state index in [-0.39, 0.29) is 12.5 Å². The summed E-state index contributed by atoms with van der Waals surface area (Å²) >= 11 is 0. The van der Waals surface area contributed by atoms with Crippen molar-refractivity contribution in [1.29, 1.82) is 0 Å². The number of rotatable bonds is 6. The Hall–Kier alpha value is -0.570. The molecule has 0 aliphatic heterocycles. The maximum atomic E-state index is 11.2. The van der Waals surface area contributed by atoms with Crippen molar-refractivity contribution in [2.24, 2.45) is 5.92 Å². The molecule has 2 atom stereocenters. The number of aliphatic hydroxyl groups excluding tert-OH is 1. The Bertz CT molecular complexity index is 170. The first-order valence-corrected chi connectivity index (χ1v) is 5.18. The fourth-order valence-corrected chi connectivity index (χ4v) is 1.55. The van der Waals surface area contributed by atoms with Crippen LogP contribution in [-0.2, 0) is 4.79 Å². The summed E-state index contributed by atoms with van der Waals surface area (Å²) in [5.41, 5.74) is 0. The highest BCUT2D eigenvalue weighted by Crippen LogP contribution is 2.33. The first-order valence-electron chi connectivity index (χ1n) is 5.18. The van der Waals surface area contributed by atoms with Gasteiger partial charge in [-0.05, 0) is 25.2 Å². The third kappa shape index (κ3) is 3.77. The molecule has 0 aromatic carbocycles. The topological polar surface area (TPSA) is 49.3 Å². The molecule has 1 rings (SSSR count). The van der Waals surface area contributed by atoms with Gasteiger partial charge in [-0.2, -0.15) is 0 Å². The highest BCUT2D eigenvalue weighted by molar-refractivity contribution is 5.76. The summed E-state index contributed by atoms with van der Waals surface area (Å²) in [7, 11) is 0. The van der Waals surface area contributed by atoms with Crippen molar-refractivity contribution in [1.82, 2.24) is 5.32 Å². The molecule has 0 spiro atoms. The van der Waals surface area contributed by atoms with Crippen LogP contribution in [0.3, 0.4) is 0 Å². The Morgan fingerprint density at radius 3 is 2.85 bits per heavy atom. The molecule has 0 radical (unpaired) electrons. The van der Waals surface area contributed by atoms with Crippen molar-refractivity contribution < 1.29 is 9.90 Å². The fourth-order valence-electron chi connectivity index (χ4n) is 1.55. The van der Waals surface area contributed by atoms with Gasteiger partial charge in [0, 0.05) is 19.1 Å². The highest BCUT2D eigenvalue weighted by atomic mass is 16.2. The van der Waals surface area contributed by atoms with Crippen molar-refractivity contribution in [2.45, 2.75) is 45.1 Å². The molecule has 1 aliphatic rings. The summed E-state index contributed by atoms with van der Waals surface area (Å²) in [5.74, 6) is 0.871. The molecule has 0 aromatic heterocycles. The molecule has 3 heteroatoms. The van der Waals surface area contributed by atoms with Crippen LogP contribution in [0.5, 0.6) is 0 Å². The number of carbonyl (C=O) groups is 1. The van der Waals surface area contributed by atoms with Gasteiger partial charge in [0.25, 0.3) is 0 Å². The van der Waals surface area contributed by atoms with Crippen molar-refractivity contribution in [3.8, 4) is 0 Å². The Balaban J connectivity index is 1.99. The summed E-state index contributed by atoms with van der Waals surface area (Å²) in [4.78, 5) is 11.2. The predicted octanol–water partition coefficient (Wildman–Crippen LogP) is 1.06. The molecule has 1 saturated carbocycles. The van der Waals surface area contributed by atoms with Crippen LogP contribution in [0.4, 0.5) is 0 Å². The molecule has 1 fully saturated rings. The van der Waals surface area contributed by atoms with E-state index in [9.17, 15) is 4.79 Å². The number of hydrogen-bond donors (Lipinski definition) is 2. The Morgan fingerprint density at radius 2 is 2.31 bits per heavy atom. The smallest absolute Gasteiger partial charge is 0.220 e. The zero-order valence-electron chi connectivity index (χ0n) is 8.25. The standard InChI is InChI=1S/C10H19NO2/c1-2-8-7-9(8)11-10(13)5-3-4-6-12/h8-9,12H,2-7H2,1H3,(H,11,13). The zero-order chi connectivity index (χ0) is 9.68. The van der Waals surface area contributed by atoms with E-state index in [4.69, 9.17) is 5.11 Å². The van der Waals surface area contributed by atoms with Crippen molar-refractivity contribution in [3.05, 3.63) is 0 Å². The van der Waals surface area contributed by atoms with Gasteiger partial charge in [0.1, 0.15) is 0 Å². The molecule has 0 heterocycles. The van der Waals surface area contributed by atoms with E-state index in [0.717, 1.165) is 25.2 Å². The number of aliphatic hydroxyl groups is 1. The second-order valence-corrected chi connectivity index (χ2v) is 3.76. The summed E-state index contributed by atoms with van der Waals surface area (Å²) in [5, 5.41) is 11.5. The monoisotopic (exact) mass is 185 g/mol. The van der Waals surface area contributed by atoms with Crippen molar-refractivity contribution >= 4 is 5.91 Å². The van der Waals surface area contributed by atoms with Gasteiger partial charge in [-0.1, -0.05) is 13.3 Å². The van der Waals surface area contributed by atoms with Gasteiger partial charge >= 0.3 is 0 Å². The van der Waals surface area contributed by atoms with Crippen LogP contribution in [-0.4, -0.2) is 23.7 Å². The quantitative estimate of drug-likeness (QED) is 0.608. The first kappa shape index (κ1) is 10.5. The summed E-state index contributed by atoms with van der Waals surface area (Å²) in [6.45, 7) is 2.34. The molecular formula is C10H19NO2. The van der Waals surface area contributed by atoms with Gasteiger partial charge in [0.05, 0.1) is 0 Å². The lowest BCUT2D eigenvalue weighted by Crippen LogP contribution is -2.26. The minimum atomic E-state index is 0.148. The molecule has 0 bridgehead atoms. The number of unbranched alkanes of at least 4 members (excludes halogenated alkanes) is 1. The van der Waals surface area contributed by atoms with Crippen LogP contribution in [0.2, 0.25) is 0 Å². The molecule has 0 saturated heterocycles. The van der Waals surface area contributed by atoms with Gasteiger partial charge in [-0.3, -0.25) is 4.79 Å². The maximum absolute atomic E-state index is 11.2. The van der Waals surface area contributed by atoms with E-state index in [1.54, 1.807) is 0 Å². The zero-order valence-corrected chi connectivity index (χ0v) is 8.25. The number of nitrogens with one attached hydrogen (secondary N) is 1. The van der Waals surface area contributed by atoms with Gasteiger partial charge in [0.2, 0.25) is 5.91 Å². The van der Waals surface area contributed by atoms with E-state index in [2.05, 4.69) is 12.2 Å². The Kier molecular flexibility index (Phi) is 4.22. The van der Waals surface area contributed by atoms with E-state index in [1.165, 1.54) is 6.42 Å². The van der Waals surface area contributed by atoms with E-state index < -0.39 is 0 Å². The van der Waals surface area contributed by atoms with Gasteiger partial charge in [-0.15, -0.1) is 0 Å². The van der Waals surface area contributed by atoms with E-state index >= 15 is 0 Å². The summed E-state index contributed by atoms with van der Waals surface area (Å²) < 4.78 is 0. The van der Waals surface area contributed by atoms with Crippen LogP contribution in [0, 0.1) is 5.92 Å². The van der Waals surface area contributed by atoms with Crippen LogP contribution in [0.1, 0.15) is 39.0 Å². The number of amides is 1. The lowest BCUT2D eigenvalue weighted by molar-refractivity contribution is -0.121. The lowest BCUT2D eigenvalue weighted by atomic mass is 10.2. The van der Waals surface area contributed by atoms with Crippen molar-refractivity contribution in [2.75, 3.05) is 6.61 Å². The Morgan fingerprint density at radius 1 is 1.54 bits per heavy atom. The fraction of sp³-hybridized carbons (Fsp3) is 0.900. The molecule has 1 amide bonds. The van der Waals surface area contributed by atoms with Gasteiger partial charge < -0.3 is 10.4 Å². The van der Waals surface area contributed by atoms with Gasteiger partial charge in [-0.25, -0.2) is 0 Å². The molecule has 76 valence electrons. The minimum Gasteiger partial charge on any atom is -0.396 e. The maximum Gasteiger partial charge on any atom is 0.220 e. The molecule has 13 heavy (non-hydrogen) atoms. The van der Waals surface area contributed by atoms with Crippen molar-refractivity contribution in [3.63, 3.8) is 0 Å². The normalized spacial score (nSPS) is 25.7. The second-order valence-electron chi connectivity index (χ2n) is 3.76. The lowest BCUT2D eigenvalue weighted by Gasteiger charge is -2.02. The third-order valence-electron chi connectivity index (χ3n) is 2.61. The summed E-state index contributed by atoms with van der Waals surface area (Å²) in [6, 6.07) is 0.451. The second kappa shape index (κ2) is 5.22. The third-order valence-corrected chi connectivity index (χ3v) is 2.61. The molecule has 1 aliphatic carbocycles. The van der Waals surface area contributed by atoms with Gasteiger partial charge in [0.15, 0.2) is 0 Å². The molecule has 2 unspecified atom stereocenters. The van der Waals surface area contributed by atoms with E-state index in [1.807, 2.05) is 0 Å². The highest BCUT2D eigenvalue weighted by Gasteiger charge is 2.35. The van der Waals surface area contributed by atoms with Crippen LogP contribution >= 0.6 is 0 Å². The minimum absolute atomic E-state index is 0.148. The first-order chi connectivity index (χ1) is 6.27. The molecule has 0 aromatic rings. The van der Waals surface area contributed by atoms with Crippen LogP contribution in [0.25, 0.3) is 0 Å². The average molecular weight is 185 g/mol. The molecule has 2 N–H and O–H groups in total. The van der Waals surface area contributed by atoms with Crippen LogP contribution in [0.15, 0.2) is 0 Å². The molecular weight excluding hydrogens is 166 g/mol. The molecule has 3 nitrogen and oxygen atoms in total. The average Bonchev–Trinajstić information content (AvgIpc) is 2.84. The van der Waals surface area contributed by atoms with Crippen LogP contribution < -0.4 is 5.32 Å². The largest absolute Gasteiger partial charge is 0.396 e. The number of hydrogen-bond acceptors (Lipinski definition) is 2. The Labute approximate surface area is 79.5 Å². The summed E-state index contributed by atoms with van der Waals surface area (Å²) in [6.07, 6.45) is 4.42. The SMILES string of the molecule is CCC1CC1NC(=O)CCCCO. The predicted molar refractivity (Wildman–Crippen MR) is 51.3 cm³/mol.